The van der Waals surface area contributed by atoms with Crippen LogP contribution >= 0.6 is 24.0 Å². The highest BCUT2D eigenvalue weighted by Gasteiger charge is 2.27. The van der Waals surface area contributed by atoms with Crippen LogP contribution in [0.3, 0.4) is 0 Å². The van der Waals surface area contributed by atoms with Crippen LogP contribution in [0.1, 0.15) is 24.3 Å². The summed E-state index contributed by atoms with van der Waals surface area (Å²) in [5, 5.41) is 3.29. The van der Waals surface area contributed by atoms with Crippen LogP contribution in [0.25, 0.3) is 11.3 Å². The van der Waals surface area contributed by atoms with E-state index < -0.39 is 0 Å². The van der Waals surface area contributed by atoms with Gasteiger partial charge in [0.15, 0.2) is 11.7 Å². The van der Waals surface area contributed by atoms with Crippen LogP contribution in [0.2, 0.25) is 0 Å². The van der Waals surface area contributed by atoms with Crippen LogP contribution in [0.15, 0.2) is 39.9 Å². The molecular formula is C20H27IN4O3. The number of methoxy groups -OCH3 is 1. The summed E-state index contributed by atoms with van der Waals surface area (Å²) < 4.78 is 10.7. The van der Waals surface area contributed by atoms with Gasteiger partial charge < -0.3 is 19.4 Å². The highest BCUT2D eigenvalue weighted by atomic mass is 127. The zero-order chi connectivity index (χ0) is 19.2. The first-order chi connectivity index (χ1) is 13.1. The van der Waals surface area contributed by atoms with Gasteiger partial charge in [-0.15, -0.1) is 24.0 Å². The molecule has 0 spiro atoms. The van der Waals surface area contributed by atoms with Crippen molar-refractivity contribution in [2.45, 2.75) is 26.3 Å². The molecule has 2 heterocycles. The number of piperidine rings is 1. The van der Waals surface area contributed by atoms with Gasteiger partial charge in [0.05, 0.1) is 25.8 Å². The summed E-state index contributed by atoms with van der Waals surface area (Å²) in [6.45, 7) is 4.04. The van der Waals surface area contributed by atoms with Crippen LogP contribution in [0.4, 0.5) is 0 Å². The van der Waals surface area contributed by atoms with Gasteiger partial charge in [0.2, 0.25) is 5.89 Å². The maximum absolute atomic E-state index is 11.7. The fourth-order valence-electron chi connectivity index (χ4n) is 3.22. The smallest absolute Gasteiger partial charge is 0.308 e. The highest BCUT2D eigenvalue weighted by Crippen LogP contribution is 2.21. The topological polar surface area (TPSA) is 80.0 Å². The molecule has 0 amide bonds. The van der Waals surface area contributed by atoms with Gasteiger partial charge in [-0.25, -0.2) is 4.98 Å². The Bertz CT molecular complexity index is 796. The molecule has 7 nitrogen and oxygen atoms in total. The predicted octanol–water partition coefficient (Wildman–Crippen LogP) is 3.23. The fourth-order valence-corrected chi connectivity index (χ4v) is 3.22. The number of esters is 1. The second kappa shape index (κ2) is 10.4. The van der Waals surface area contributed by atoms with Gasteiger partial charge in [-0.3, -0.25) is 9.79 Å². The number of aryl methyl sites for hydroxylation is 1. The average Bonchev–Trinajstić information content (AvgIpc) is 3.18. The molecule has 0 radical (unpaired) electrons. The number of likely N-dealkylation sites (tertiary alicyclic amines) is 1. The Morgan fingerprint density at radius 1 is 1.32 bits per heavy atom. The average molecular weight is 498 g/mol. The van der Waals surface area contributed by atoms with Gasteiger partial charge in [-0.1, -0.05) is 29.8 Å². The maximum Gasteiger partial charge on any atom is 0.308 e. The number of aliphatic imine (C=N–C) groups is 1. The molecule has 1 aliphatic heterocycles. The number of hydrogen-bond donors (Lipinski definition) is 1. The van der Waals surface area contributed by atoms with Gasteiger partial charge in [0, 0.05) is 25.7 Å². The molecule has 1 saturated heterocycles. The van der Waals surface area contributed by atoms with E-state index in [4.69, 9.17) is 9.15 Å². The molecule has 3 rings (SSSR count). The van der Waals surface area contributed by atoms with E-state index in [1.807, 2.05) is 12.1 Å². The van der Waals surface area contributed by atoms with Crippen molar-refractivity contribution in [1.82, 2.24) is 15.2 Å². The molecule has 1 N–H and O–H groups in total. The minimum atomic E-state index is -0.124. The first-order valence-corrected chi connectivity index (χ1v) is 9.16. The SMILES string of the molecule is CN=C(NCc1ncc(-c2ccc(C)cc2)o1)N1CCC(C(=O)OC)CC1.I. The van der Waals surface area contributed by atoms with Gasteiger partial charge in [0.1, 0.15) is 0 Å². The predicted molar refractivity (Wildman–Crippen MR) is 119 cm³/mol. The summed E-state index contributed by atoms with van der Waals surface area (Å²) in [6.07, 6.45) is 3.28. The van der Waals surface area contributed by atoms with Crippen LogP contribution in [-0.4, -0.2) is 49.1 Å². The van der Waals surface area contributed by atoms with E-state index in [0.717, 1.165) is 43.2 Å². The molecule has 152 valence electrons. The summed E-state index contributed by atoms with van der Waals surface area (Å²) in [7, 11) is 3.19. The minimum Gasteiger partial charge on any atom is -0.469 e. The van der Waals surface area contributed by atoms with Crippen LogP contribution < -0.4 is 5.32 Å². The quantitative estimate of drug-likeness (QED) is 0.302. The van der Waals surface area contributed by atoms with E-state index >= 15 is 0 Å². The Balaban J connectivity index is 0.00000280. The number of nitrogens with zero attached hydrogens (tertiary/aromatic N) is 3. The van der Waals surface area contributed by atoms with E-state index in [9.17, 15) is 4.79 Å². The number of benzene rings is 1. The molecular weight excluding hydrogens is 471 g/mol. The Hall–Kier alpha value is -2.10. The molecule has 1 aromatic heterocycles. The summed E-state index contributed by atoms with van der Waals surface area (Å²) >= 11 is 0. The third-order valence-electron chi connectivity index (χ3n) is 4.83. The molecule has 0 unspecified atom stereocenters. The summed E-state index contributed by atoms with van der Waals surface area (Å²) in [6, 6.07) is 8.15. The van der Waals surface area contributed by atoms with E-state index in [1.165, 1.54) is 12.7 Å². The van der Waals surface area contributed by atoms with Crippen molar-refractivity contribution in [3.8, 4) is 11.3 Å². The van der Waals surface area contributed by atoms with Crippen molar-refractivity contribution in [2.24, 2.45) is 10.9 Å². The van der Waals surface area contributed by atoms with Crippen LogP contribution in [0, 0.1) is 12.8 Å². The summed E-state index contributed by atoms with van der Waals surface area (Å²) in [4.78, 5) is 22.5. The zero-order valence-electron chi connectivity index (χ0n) is 16.5. The molecule has 1 fully saturated rings. The Morgan fingerprint density at radius 2 is 2.00 bits per heavy atom. The lowest BCUT2D eigenvalue weighted by Crippen LogP contribution is -2.46. The van der Waals surface area contributed by atoms with Gasteiger partial charge >= 0.3 is 5.97 Å². The standard InChI is InChI=1S/C20H26N4O3.HI/c1-14-4-6-15(7-5-14)17-12-22-18(27-17)13-23-20(21-2)24-10-8-16(9-11-24)19(25)26-3;/h4-7,12,16H,8-11,13H2,1-3H3,(H,21,23);1H. The fraction of sp³-hybridized carbons (Fsp3) is 0.450. The highest BCUT2D eigenvalue weighted by molar-refractivity contribution is 14.0. The number of hydrogen-bond acceptors (Lipinski definition) is 5. The number of rotatable bonds is 4. The van der Waals surface area contributed by atoms with Crippen molar-refractivity contribution in [3.63, 3.8) is 0 Å². The van der Waals surface area contributed by atoms with Crippen molar-refractivity contribution < 1.29 is 13.9 Å². The normalized spacial score (nSPS) is 15.1. The number of guanidine groups is 1. The van der Waals surface area contributed by atoms with Crippen LogP contribution in [-0.2, 0) is 16.1 Å². The Morgan fingerprint density at radius 3 is 2.61 bits per heavy atom. The second-order valence-electron chi connectivity index (χ2n) is 6.67. The van der Waals surface area contributed by atoms with E-state index in [-0.39, 0.29) is 35.9 Å². The molecule has 8 heteroatoms. The lowest BCUT2D eigenvalue weighted by Gasteiger charge is -2.32. The third kappa shape index (κ3) is 5.46. The number of halogens is 1. The van der Waals surface area contributed by atoms with E-state index in [2.05, 4.69) is 39.2 Å². The minimum absolute atomic E-state index is 0. The lowest BCUT2D eigenvalue weighted by molar-refractivity contribution is -0.146. The van der Waals surface area contributed by atoms with Gasteiger partial charge in [-0.05, 0) is 19.8 Å². The molecule has 0 atom stereocenters. The maximum atomic E-state index is 11.7. The number of oxazole rings is 1. The number of carbonyl (C=O) groups excluding carboxylic acids is 1. The van der Waals surface area contributed by atoms with Crippen molar-refractivity contribution in [1.29, 1.82) is 0 Å². The third-order valence-corrected chi connectivity index (χ3v) is 4.83. The Labute approximate surface area is 182 Å². The number of ether oxygens (including phenoxy) is 1. The number of nitrogens with one attached hydrogen (secondary N) is 1. The number of carbonyl (C=O) groups is 1. The van der Waals surface area contributed by atoms with Crippen LogP contribution in [0.5, 0.6) is 0 Å². The molecule has 0 saturated carbocycles. The second-order valence-corrected chi connectivity index (χ2v) is 6.67. The van der Waals surface area contributed by atoms with E-state index in [0.29, 0.717) is 12.4 Å². The molecule has 0 bridgehead atoms. The lowest BCUT2D eigenvalue weighted by atomic mass is 9.97. The van der Waals surface area contributed by atoms with Crippen molar-refractivity contribution in [2.75, 3.05) is 27.2 Å². The van der Waals surface area contributed by atoms with Gasteiger partial charge in [0.25, 0.3) is 0 Å². The molecule has 2 aromatic rings. The summed E-state index contributed by atoms with van der Waals surface area (Å²) in [5.41, 5.74) is 2.22. The van der Waals surface area contributed by atoms with Crippen molar-refractivity contribution >= 4 is 35.9 Å². The van der Waals surface area contributed by atoms with Crippen molar-refractivity contribution in [3.05, 3.63) is 41.9 Å². The largest absolute Gasteiger partial charge is 0.469 e. The molecule has 1 aromatic carbocycles. The first kappa shape index (κ1) is 22.2. The number of aromatic nitrogens is 1. The monoisotopic (exact) mass is 498 g/mol. The van der Waals surface area contributed by atoms with E-state index in [1.54, 1.807) is 13.2 Å². The Kier molecular flexibility index (Phi) is 8.28. The summed E-state index contributed by atoms with van der Waals surface area (Å²) in [5.74, 6) is 2.00. The zero-order valence-corrected chi connectivity index (χ0v) is 18.8. The molecule has 1 aliphatic rings. The first-order valence-electron chi connectivity index (χ1n) is 9.16. The molecule has 28 heavy (non-hydrogen) atoms. The van der Waals surface area contributed by atoms with Gasteiger partial charge in [-0.2, -0.15) is 0 Å². The molecule has 0 aliphatic carbocycles.